The number of carbonyl (C=O) groups is 1. The zero-order valence-corrected chi connectivity index (χ0v) is 15.7. The van der Waals surface area contributed by atoms with Gasteiger partial charge in [-0.05, 0) is 32.5 Å². The third-order valence-corrected chi connectivity index (χ3v) is 4.82. The van der Waals surface area contributed by atoms with Crippen LogP contribution in [0.25, 0.3) is 0 Å². The Kier molecular flexibility index (Phi) is 5.78. The van der Waals surface area contributed by atoms with Gasteiger partial charge in [-0.2, -0.15) is 0 Å². The van der Waals surface area contributed by atoms with E-state index in [1.165, 1.54) is 0 Å². The Bertz CT molecular complexity index is 743. The maximum atomic E-state index is 12.6. The fourth-order valence-corrected chi connectivity index (χ4v) is 3.20. The van der Waals surface area contributed by atoms with Crippen LogP contribution < -0.4 is 4.90 Å². The third-order valence-electron chi connectivity index (χ3n) is 4.82. The molecular weight excluding hydrogens is 328 g/mol. The van der Waals surface area contributed by atoms with E-state index in [0.29, 0.717) is 6.54 Å². The quantitative estimate of drug-likeness (QED) is 0.806. The van der Waals surface area contributed by atoms with Crippen LogP contribution in [0.4, 0.5) is 5.82 Å². The lowest BCUT2D eigenvalue weighted by Gasteiger charge is -2.36. The van der Waals surface area contributed by atoms with E-state index >= 15 is 0 Å². The highest BCUT2D eigenvalue weighted by Gasteiger charge is 2.23. The summed E-state index contributed by atoms with van der Waals surface area (Å²) >= 11 is 0. The van der Waals surface area contributed by atoms with Gasteiger partial charge in [-0.25, -0.2) is 9.97 Å². The van der Waals surface area contributed by atoms with Crippen molar-refractivity contribution in [2.75, 3.05) is 44.7 Å². The summed E-state index contributed by atoms with van der Waals surface area (Å²) in [7, 11) is 1.97. The highest BCUT2D eigenvalue weighted by atomic mass is 16.2. The number of rotatable bonds is 5. The summed E-state index contributed by atoms with van der Waals surface area (Å²) in [6.45, 7) is 8.24. The number of hydrogen-bond donors (Lipinski definition) is 0. The van der Waals surface area contributed by atoms with Crippen molar-refractivity contribution in [3.63, 3.8) is 0 Å². The van der Waals surface area contributed by atoms with Gasteiger partial charge in [0.2, 0.25) is 5.91 Å². The molecule has 0 saturated carbocycles. The fraction of sp³-hybridized carbons (Fsp3) is 0.474. The Morgan fingerprint density at radius 3 is 2.65 bits per heavy atom. The van der Waals surface area contributed by atoms with Gasteiger partial charge in [0.15, 0.2) is 0 Å². The lowest BCUT2D eigenvalue weighted by Crippen LogP contribution is -2.51. The number of pyridine rings is 1. The van der Waals surface area contributed by atoms with Gasteiger partial charge in [0.25, 0.3) is 0 Å². The minimum absolute atomic E-state index is 0.173. The molecule has 0 unspecified atom stereocenters. The van der Waals surface area contributed by atoms with Crippen LogP contribution in [0.15, 0.2) is 30.9 Å². The average Bonchev–Trinajstić information content (AvgIpc) is 2.65. The number of amides is 1. The number of aryl methyl sites for hydroxylation is 1. The number of hydrogen-bond acceptors (Lipinski definition) is 6. The highest BCUT2D eigenvalue weighted by molar-refractivity contribution is 5.78. The molecule has 7 heteroatoms. The van der Waals surface area contributed by atoms with Gasteiger partial charge in [0.1, 0.15) is 12.1 Å². The van der Waals surface area contributed by atoms with Crippen molar-refractivity contribution in [3.05, 3.63) is 47.7 Å². The number of likely N-dealkylation sites (N-methyl/N-ethyl adjacent to an activating group) is 1. The molecule has 0 N–H and O–H groups in total. The summed E-state index contributed by atoms with van der Waals surface area (Å²) in [4.78, 5) is 31.6. The molecule has 138 valence electrons. The van der Waals surface area contributed by atoms with Crippen molar-refractivity contribution in [3.8, 4) is 0 Å². The molecule has 1 saturated heterocycles. The van der Waals surface area contributed by atoms with E-state index in [-0.39, 0.29) is 5.91 Å². The number of aromatic nitrogens is 3. The Labute approximate surface area is 154 Å². The molecular formula is C19H26N6O. The van der Waals surface area contributed by atoms with E-state index in [1.54, 1.807) is 12.5 Å². The average molecular weight is 354 g/mol. The predicted molar refractivity (Wildman–Crippen MR) is 101 cm³/mol. The molecule has 1 fully saturated rings. The standard InChI is InChI=1S/C19H26N6O/c1-15-16(2)21-14-22-19(15)25-9-7-24(8-10-25)18(26)13-23(3)12-17-5-4-6-20-11-17/h4-6,11,14H,7-10,12-13H2,1-3H3. The largest absolute Gasteiger partial charge is 0.353 e. The molecule has 0 aliphatic carbocycles. The molecule has 26 heavy (non-hydrogen) atoms. The van der Waals surface area contributed by atoms with Crippen LogP contribution in [0.5, 0.6) is 0 Å². The van der Waals surface area contributed by atoms with Crippen LogP contribution in [0.1, 0.15) is 16.8 Å². The molecule has 3 rings (SSSR count). The minimum atomic E-state index is 0.173. The second-order valence-corrected chi connectivity index (χ2v) is 6.81. The topological polar surface area (TPSA) is 65.5 Å². The monoisotopic (exact) mass is 354 g/mol. The van der Waals surface area contributed by atoms with Crippen molar-refractivity contribution in [2.45, 2.75) is 20.4 Å². The zero-order chi connectivity index (χ0) is 18.5. The number of carbonyl (C=O) groups excluding carboxylic acids is 1. The van der Waals surface area contributed by atoms with Gasteiger partial charge in [-0.15, -0.1) is 0 Å². The summed E-state index contributed by atoms with van der Waals surface area (Å²) in [5.41, 5.74) is 3.23. The van der Waals surface area contributed by atoms with Crippen molar-refractivity contribution in [1.29, 1.82) is 0 Å². The number of nitrogens with zero attached hydrogens (tertiary/aromatic N) is 6. The van der Waals surface area contributed by atoms with E-state index < -0.39 is 0 Å². The van der Waals surface area contributed by atoms with Gasteiger partial charge in [-0.1, -0.05) is 6.07 Å². The number of anilines is 1. The van der Waals surface area contributed by atoms with Gasteiger partial charge in [-0.3, -0.25) is 14.7 Å². The van der Waals surface area contributed by atoms with Gasteiger partial charge in [0, 0.05) is 56.4 Å². The summed E-state index contributed by atoms with van der Waals surface area (Å²) in [5, 5.41) is 0. The smallest absolute Gasteiger partial charge is 0.236 e. The zero-order valence-electron chi connectivity index (χ0n) is 15.7. The fourth-order valence-electron chi connectivity index (χ4n) is 3.20. The Hall–Kier alpha value is -2.54. The second kappa shape index (κ2) is 8.23. The summed E-state index contributed by atoms with van der Waals surface area (Å²) < 4.78 is 0. The van der Waals surface area contributed by atoms with Gasteiger partial charge < -0.3 is 9.80 Å². The lowest BCUT2D eigenvalue weighted by atomic mass is 10.2. The molecule has 1 aliphatic rings. The summed E-state index contributed by atoms with van der Waals surface area (Å²) in [6, 6.07) is 3.94. The first kappa shape index (κ1) is 18.3. The van der Waals surface area contributed by atoms with Gasteiger partial charge >= 0.3 is 0 Å². The highest BCUT2D eigenvalue weighted by Crippen LogP contribution is 2.19. The second-order valence-electron chi connectivity index (χ2n) is 6.81. The first-order valence-corrected chi connectivity index (χ1v) is 8.93. The lowest BCUT2D eigenvalue weighted by molar-refractivity contribution is -0.132. The van der Waals surface area contributed by atoms with Crippen LogP contribution in [-0.4, -0.2) is 70.4 Å². The maximum Gasteiger partial charge on any atom is 0.236 e. The van der Waals surface area contributed by atoms with Crippen LogP contribution in [-0.2, 0) is 11.3 Å². The van der Waals surface area contributed by atoms with Crippen molar-refractivity contribution in [2.24, 2.45) is 0 Å². The normalized spacial score (nSPS) is 14.8. The van der Waals surface area contributed by atoms with Crippen molar-refractivity contribution in [1.82, 2.24) is 24.8 Å². The van der Waals surface area contributed by atoms with E-state index in [4.69, 9.17) is 0 Å². The molecule has 0 atom stereocenters. The molecule has 2 aromatic heterocycles. The molecule has 7 nitrogen and oxygen atoms in total. The first-order valence-electron chi connectivity index (χ1n) is 8.93. The molecule has 3 heterocycles. The molecule has 0 bridgehead atoms. The molecule has 0 spiro atoms. The van der Waals surface area contributed by atoms with Gasteiger partial charge in [0.05, 0.1) is 6.54 Å². The molecule has 0 aromatic carbocycles. The van der Waals surface area contributed by atoms with Crippen LogP contribution in [0.2, 0.25) is 0 Å². The van der Waals surface area contributed by atoms with E-state index in [0.717, 1.165) is 55.4 Å². The van der Waals surface area contributed by atoms with E-state index in [9.17, 15) is 4.79 Å². The predicted octanol–water partition coefficient (Wildman–Crippen LogP) is 1.27. The van der Waals surface area contributed by atoms with Crippen molar-refractivity contribution < 1.29 is 4.79 Å². The summed E-state index contributed by atoms with van der Waals surface area (Å²) in [6.07, 6.45) is 5.21. The Balaban J connectivity index is 1.51. The first-order chi connectivity index (χ1) is 12.5. The third kappa shape index (κ3) is 4.35. The molecule has 0 radical (unpaired) electrons. The molecule has 2 aromatic rings. The Morgan fingerprint density at radius 1 is 1.19 bits per heavy atom. The molecule has 1 amide bonds. The Morgan fingerprint density at radius 2 is 1.96 bits per heavy atom. The minimum Gasteiger partial charge on any atom is -0.353 e. The maximum absolute atomic E-state index is 12.6. The number of piperazine rings is 1. The molecule has 1 aliphatic heterocycles. The summed E-state index contributed by atoms with van der Waals surface area (Å²) in [5.74, 6) is 1.16. The van der Waals surface area contributed by atoms with E-state index in [2.05, 4.69) is 26.8 Å². The van der Waals surface area contributed by atoms with Crippen LogP contribution in [0, 0.1) is 13.8 Å². The van der Waals surface area contributed by atoms with Crippen LogP contribution >= 0.6 is 0 Å². The SMILES string of the molecule is Cc1ncnc(N2CCN(C(=O)CN(C)Cc3cccnc3)CC2)c1C. The van der Waals surface area contributed by atoms with Crippen molar-refractivity contribution >= 4 is 11.7 Å². The van der Waals surface area contributed by atoms with Crippen LogP contribution in [0.3, 0.4) is 0 Å². The van der Waals surface area contributed by atoms with E-state index in [1.807, 2.05) is 42.1 Å².